The Morgan fingerprint density at radius 1 is 1.05 bits per heavy atom. The van der Waals surface area contributed by atoms with Gasteiger partial charge in [0.2, 0.25) is 0 Å². The first-order valence-corrected chi connectivity index (χ1v) is 7.21. The van der Waals surface area contributed by atoms with E-state index in [0.29, 0.717) is 23.7 Å². The van der Waals surface area contributed by atoms with Crippen LogP contribution >= 0.6 is 0 Å². The number of esters is 1. The van der Waals surface area contributed by atoms with Gasteiger partial charge in [0.25, 0.3) is 0 Å². The highest BCUT2D eigenvalue weighted by Gasteiger charge is 2.09. The lowest BCUT2D eigenvalue weighted by Crippen LogP contribution is -2.09. The van der Waals surface area contributed by atoms with Gasteiger partial charge in [0.15, 0.2) is 0 Å². The highest BCUT2D eigenvalue weighted by Crippen LogP contribution is 2.18. The van der Waals surface area contributed by atoms with E-state index >= 15 is 0 Å². The third kappa shape index (κ3) is 4.63. The van der Waals surface area contributed by atoms with Crippen LogP contribution in [0.3, 0.4) is 0 Å². The quantitative estimate of drug-likeness (QED) is 0.448. The summed E-state index contributed by atoms with van der Waals surface area (Å²) in [6.45, 7) is 4.73. The standard InChI is InChI=1S/C18H20O3/c1-3-4-11-20-16-9-6-8-15(13-16)18(19)21-17-10-5-7-14(2)12-17/h5-10,12-13H,3-4,11H2,1-2H3. The fourth-order valence-electron chi connectivity index (χ4n) is 1.89. The van der Waals surface area contributed by atoms with Gasteiger partial charge in [-0.05, 0) is 49.2 Å². The van der Waals surface area contributed by atoms with E-state index < -0.39 is 0 Å². The zero-order valence-corrected chi connectivity index (χ0v) is 12.5. The second-order valence-corrected chi connectivity index (χ2v) is 4.94. The van der Waals surface area contributed by atoms with Gasteiger partial charge in [-0.3, -0.25) is 0 Å². The lowest BCUT2D eigenvalue weighted by atomic mass is 10.2. The first kappa shape index (κ1) is 15.1. The molecule has 0 amide bonds. The van der Waals surface area contributed by atoms with E-state index in [2.05, 4.69) is 6.92 Å². The van der Waals surface area contributed by atoms with Gasteiger partial charge in [0.1, 0.15) is 11.5 Å². The predicted octanol–water partition coefficient (Wildman–Crippen LogP) is 4.39. The molecule has 0 saturated carbocycles. The van der Waals surface area contributed by atoms with E-state index in [1.807, 2.05) is 31.2 Å². The maximum atomic E-state index is 12.1. The maximum Gasteiger partial charge on any atom is 0.343 e. The number of carbonyl (C=O) groups is 1. The van der Waals surface area contributed by atoms with Crippen LogP contribution in [0.25, 0.3) is 0 Å². The molecule has 0 radical (unpaired) electrons. The molecular formula is C18H20O3. The molecule has 110 valence electrons. The van der Waals surface area contributed by atoms with Crippen molar-refractivity contribution in [3.63, 3.8) is 0 Å². The van der Waals surface area contributed by atoms with Gasteiger partial charge in [-0.15, -0.1) is 0 Å². The average Bonchev–Trinajstić information content (AvgIpc) is 2.48. The van der Waals surface area contributed by atoms with E-state index in [9.17, 15) is 4.79 Å². The number of carbonyl (C=O) groups excluding carboxylic acids is 1. The van der Waals surface area contributed by atoms with Crippen molar-refractivity contribution in [3.8, 4) is 11.5 Å². The maximum absolute atomic E-state index is 12.1. The first-order chi connectivity index (χ1) is 10.2. The number of hydrogen-bond acceptors (Lipinski definition) is 3. The topological polar surface area (TPSA) is 35.5 Å². The lowest BCUT2D eigenvalue weighted by molar-refractivity contribution is 0.0734. The second kappa shape index (κ2) is 7.48. The SMILES string of the molecule is CCCCOc1cccc(C(=O)Oc2cccc(C)c2)c1. The van der Waals surface area contributed by atoms with Gasteiger partial charge in [0, 0.05) is 0 Å². The molecule has 0 N–H and O–H groups in total. The Labute approximate surface area is 125 Å². The average molecular weight is 284 g/mol. The number of hydrogen-bond donors (Lipinski definition) is 0. The molecular weight excluding hydrogens is 264 g/mol. The highest BCUT2D eigenvalue weighted by molar-refractivity contribution is 5.91. The fraction of sp³-hybridized carbons (Fsp3) is 0.278. The molecule has 0 bridgehead atoms. The van der Waals surface area contributed by atoms with E-state index in [4.69, 9.17) is 9.47 Å². The number of ether oxygens (including phenoxy) is 2. The predicted molar refractivity (Wildman–Crippen MR) is 83.0 cm³/mol. The molecule has 0 saturated heterocycles. The van der Waals surface area contributed by atoms with Gasteiger partial charge >= 0.3 is 5.97 Å². The molecule has 0 atom stereocenters. The summed E-state index contributed by atoms with van der Waals surface area (Å²) in [5.74, 6) is 0.876. The van der Waals surface area contributed by atoms with Crippen LogP contribution < -0.4 is 9.47 Å². The van der Waals surface area contributed by atoms with Gasteiger partial charge in [-0.2, -0.15) is 0 Å². The van der Waals surface area contributed by atoms with Crippen LogP contribution in [0.15, 0.2) is 48.5 Å². The van der Waals surface area contributed by atoms with Crippen LogP contribution in [0.5, 0.6) is 11.5 Å². The van der Waals surface area contributed by atoms with Crippen molar-refractivity contribution in [2.24, 2.45) is 0 Å². The largest absolute Gasteiger partial charge is 0.494 e. The summed E-state index contributed by atoms with van der Waals surface area (Å²) in [7, 11) is 0. The molecule has 2 aromatic rings. The van der Waals surface area contributed by atoms with Crippen molar-refractivity contribution in [2.45, 2.75) is 26.7 Å². The van der Waals surface area contributed by atoms with Crippen molar-refractivity contribution in [2.75, 3.05) is 6.61 Å². The Morgan fingerprint density at radius 2 is 1.81 bits per heavy atom. The fourth-order valence-corrected chi connectivity index (χ4v) is 1.89. The molecule has 0 aliphatic carbocycles. The Kier molecular flexibility index (Phi) is 5.38. The van der Waals surface area contributed by atoms with Gasteiger partial charge in [-0.25, -0.2) is 4.79 Å². The van der Waals surface area contributed by atoms with Crippen LogP contribution in [-0.4, -0.2) is 12.6 Å². The number of benzene rings is 2. The summed E-state index contributed by atoms with van der Waals surface area (Å²) < 4.78 is 11.0. The summed E-state index contributed by atoms with van der Waals surface area (Å²) in [6, 6.07) is 14.5. The molecule has 0 fully saturated rings. The van der Waals surface area contributed by atoms with Crippen molar-refractivity contribution in [3.05, 3.63) is 59.7 Å². The third-order valence-corrected chi connectivity index (χ3v) is 3.04. The van der Waals surface area contributed by atoms with E-state index in [1.165, 1.54) is 0 Å². The minimum absolute atomic E-state index is 0.374. The van der Waals surface area contributed by atoms with Gasteiger partial charge in [-0.1, -0.05) is 31.5 Å². The molecule has 3 heteroatoms. The molecule has 0 aliphatic rings. The second-order valence-electron chi connectivity index (χ2n) is 4.94. The Balaban J connectivity index is 2.03. The zero-order valence-electron chi connectivity index (χ0n) is 12.5. The highest BCUT2D eigenvalue weighted by atomic mass is 16.5. The lowest BCUT2D eigenvalue weighted by Gasteiger charge is -2.08. The number of unbranched alkanes of at least 4 members (excludes halogenated alkanes) is 1. The Bertz CT molecular complexity index is 605. The Hall–Kier alpha value is -2.29. The van der Waals surface area contributed by atoms with Gasteiger partial charge in [0.05, 0.1) is 12.2 Å². The van der Waals surface area contributed by atoms with E-state index in [1.54, 1.807) is 24.3 Å². The molecule has 2 aromatic carbocycles. The van der Waals surface area contributed by atoms with Crippen LogP contribution in [0, 0.1) is 6.92 Å². The van der Waals surface area contributed by atoms with Crippen molar-refractivity contribution in [1.29, 1.82) is 0 Å². The molecule has 0 unspecified atom stereocenters. The van der Waals surface area contributed by atoms with Crippen LogP contribution in [0.2, 0.25) is 0 Å². The summed E-state index contributed by atoms with van der Waals surface area (Å²) in [5, 5.41) is 0. The molecule has 0 spiro atoms. The van der Waals surface area contributed by atoms with Crippen molar-refractivity contribution >= 4 is 5.97 Å². The van der Waals surface area contributed by atoms with Crippen molar-refractivity contribution < 1.29 is 14.3 Å². The van der Waals surface area contributed by atoms with Gasteiger partial charge < -0.3 is 9.47 Å². The Morgan fingerprint density at radius 3 is 2.57 bits per heavy atom. The minimum atomic E-state index is -0.374. The van der Waals surface area contributed by atoms with E-state index in [0.717, 1.165) is 18.4 Å². The van der Waals surface area contributed by atoms with Crippen LogP contribution in [-0.2, 0) is 0 Å². The monoisotopic (exact) mass is 284 g/mol. The molecule has 21 heavy (non-hydrogen) atoms. The van der Waals surface area contributed by atoms with E-state index in [-0.39, 0.29) is 5.97 Å². The molecule has 0 aliphatic heterocycles. The summed E-state index contributed by atoms with van der Waals surface area (Å²) in [4.78, 5) is 12.1. The summed E-state index contributed by atoms with van der Waals surface area (Å²) >= 11 is 0. The minimum Gasteiger partial charge on any atom is -0.494 e. The number of rotatable bonds is 6. The third-order valence-electron chi connectivity index (χ3n) is 3.04. The molecule has 0 aromatic heterocycles. The molecule has 2 rings (SSSR count). The van der Waals surface area contributed by atoms with Crippen LogP contribution in [0.4, 0.5) is 0 Å². The summed E-state index contributed by atoms with van der Waals surface area (Å²) in [6.07, 6.45) is 2.08. The van der Waals surface area contributed by atoms with Crippen molar-refractivity contribution in [1.82, 2.24) is 0 Å². The molecule has 0 heterocycles. The number of aryl methyl sites for hydroxylation is 1. The summed E-state index contributed by atoms with van der Waals surface area (Å²) in [5.41, 5.74) is 1.54. The van der Waals surface area contributed by atoms with Crippen LogP contribution in [0.1, 0.15) is 35.7 Å². The first-order valence-electron chi connectivity index (χ1n) is 7.21. The smallest absolute Gasteiger partial charge is 0.343 e. The zero-order chi connectivity index (χ0) is 15.1. The normalized spacial score (nSPS) is 10.2. The molecule has 3 nitrogen and oxygen atoms in total.